The fourth-order valence-electron chi connectivity index (χ4n) is 2.69. The molecule has 0 aliphatic carbocycles. The van der Waals surface area contributed by atoms with E-state index in [2.05, 4.69) is 17.6 Å². The lowest BCUT2D eigenvalue weighted by atomic mass is 9.81. The number of nitro benzene ring substituents is 1. The van der Waals surface area contributed by atoms with Crippen LogP contribution >= 0.6 is 12.4 Å². The van der Waals surface area contributed by atoms with E-state index in [4.69, 9.17) is 0 Å². The summed E-state index contributed by atoms with van der Waals surface area (Å²) in [6.07, 6.45) is 3.01. The molecule has 0 saturated carbocycles. The van der Waals surface area contributed by atoms with Crippen molar-refractivity contribution in [2.24, 2.45) is 5.41 Å². The molecule has 0 atom stereocenters. The molecular formula is C16H24ClN3O3. The fourth-order valence-corrected chi connectivity index (χ4v) is 2.69. The topological polar surface area (TPSA) is 84.3 Å². The first kappa shape index (κ1) is 19.4. The molecule has 0 unspecified atom stereocenters. The monoisotopic (exact) mass is 341 g/mol. The van der Waals surface area contributed by atoms with E-state index in [1.165, 1.54) is 12.1 Å². The van der Waals surface area contributed by atoms with E-state index in [0.717, 1.165) is 31.5 Å². The number of carbonyl (C=O) groups excluding carboxylic acids is 1. The molecule has 2 N–H and O–H groups in total. The standard InChI is InChI=1S/C16H23N3O3.ClH/c1-16(7-9-17-10-8-16)12-18-15(20)6-5-13-3-2-4-14(11-13)19(21)22;/h2-4,11,17H,5-10,12H2,1H3,(H,18,20);1H. The van der Waals surface area contributed by atoms with Gasteiger partial charge in [0.2, 0.25) is 5.91 Å². The number of piperidine rings is 1. The van der Waals surface area contributed by atoms with Crippen LogP contribution < -0.4 is 10.6 Å². The minimum atomic E-state index is -0.415. The van der Waals surface area contributed by atoms with Crippen molar-refractivity contribution in [1.29, 1.82) is 0 Å². The van der Waals surface area contributed by atoms with Crippen molar-refractivity contribution in [3.8, 4) is 0 Å². The van der Waals surface area contributed by atoms with Gasteiger partial charge in [0.25, 0.3) is 5.69 Å². The maximum absolute atomic E-state index is 12.0. The van der Waals surface area contributed by atoms with E-state index in [-0.39, 0.29) is 29.4 Å². The summed E-state index contributed by atoms with van der Waals surface area (Å²) < 4.78 is 0. The predicted molar refractivity (Wildman–Crippen MR) is 91.9 cm³/mol. The molecule has 0 bridgehead atoms. The lowest BCUT2D eigenvalue weighted by Gasteiger charge is -2.34. The highest BCUT2D eigenvalue weighted by Gasteiger charge is 2.26. The van der Waals surface area contributed by atoms with Crippen LogP contribution in [-0.2, 0) is 11.2 Å². The zero-order valence-electron chi connectivity index (χ0n) is 13.3. The van der Waals surface area contributed by atoms with E-state index in [1.807, 2.05) is 6.07 Å². The van der Waals surface area contributed by atoms with Gasteiger partial charge in [0, 0.05) is 25.1 Å². The molecule has 1 aromatic carbocycles. The van der Waals surface area contributed by atoms with Gasteiger partial charge in [-0.3, -0.25) is 14.9 Å². The number of aryl methyl sites for hydroxylation is 1. The van der Waals surface area contributed by atoms with Crippen LogP contribution in [0.5, 0.6) is 0 Å². The minimum Gasteiger partial charge on any atom is -0.356 e. The summed E-state index contributed by atoms with van der Waals surface area (Å²) in [7, 11) is 0. The Morgan fingerprint density at radius 2 is 2.09 bits per heavy atom. The number of nitrogens with zero attached hydrogens (tertiary/aromatic N) is 1. The van der Waals surface area contributed by atoms with Gasteiger partial charge in [0.05, 0.1) is 4.92 Å². The Kier molecular flexibility index (Phi) is 7.45. The zero-order chi connectivity index (χ0) is 16.0. The largest absolute Gasteiger partial charge is 0.356 e. The third-order valence-electron chi connectivity index (χ3n) is 4.29. The molecular weight excluding hydrogens is 318 g/mol. The van der Waals surface area contributed by atoms with E-state index in [9.17, 15) is 14.9 Å². The summed E-state index contributed by atoms with van der Waals surface area (Å²) in [5.74, 6) is 0.00580. The summed E-state index contributed by atoms with van der Waals surface area (Å²) in [5, 5.41) is 17.0. The molecule has 2 rings (SSSR count). The van der Waals surface area contributed by atoms with Crippen molar-refractivity contribution in [2.45, 2.75) is 32.6 Å². The number of amides is 1. The van der Waals surface area contributed by atoms with Crippen molar-refractivity contribution in [2.75, 3.05) is 19.6 Å². The van der Waals surface area contributed by atoms with Gasteiger partial charge in [0.15, 0.2) is 0 Å². The van der Waals surface area contributed by atoms with E-state index >= 15 is 0 Å². The van der Waals surface area contributed by atoms with Gasteiger partial charge in [-0.05, 0) is 43.3 Å². The number of carbonyl (C=O) groups is 1. The second-order valence-electron chi connectivity index (χ2n) is 6.26. The van der Waals surface area contributed by atoms with Crippen molar-refractivity contribution >= 4 is 24.0 Å². The summed E-state index contributed by atoms with van der Waals surface area (Å²) in [6, 6.07) is 6.46. The number of hydrogen-bond donors (Lipinski definition) is 2. The van der Waals surface area contributed by atoms with E-state index < -0.39 is 4.92 Å². The van der Waals surface area contributed by atoms with Crippen LogP contribution in [0.25, 0.3) is 0 Å². The number of halogens is 1. The maximum Gasteiger partial charge on any atom is 0.269 e. The Balaban J connectivity index is 0.00000264. The Morgan fingerprint density at radius 3 is 2.74 bits per heavy atom. The van der Waals surface area contributed by atoms with Crippen molar-refractivity contribution < 1.29 is 9.72 Å². The molecule has 1 aliphatic rings. The quantitative estimate of drug-likeness (QED) is 0.615. The highest BCUT2D eigenvalue weighted by Crippen LogP contribution is 2.26. The molecule has 6 nitrogen and oxygen atoms in total. The third-order valence-corrected chi connectivity index (χ3v) is 4.29. The number of benzene rings is 1. The SMILES string of the molecule is CC1(CNC(=O)CCc2cccc([N+](=O)[O-])c2)CCNCC1.Cl. The van der Waals surface area contributed by atoms with Crippen molar-refractivity contribution in [1.82, 2.24) is 10.6 Å². The van der Waals surface area contributed by atoms with Crippen LogP contribution in [0.4, 0.5) is 5.69 Å². The predicted octanol–water partition coefficient (Wildman–Crippen LogP) is 2.46. The Hall–Kier alpha value is -1.66. The lowest BCUT2D eigenvalue weighted by Crippen LogP contribution is -2.42. The number of rotatable bonds is 6. The number of nitrogens with one attached hydrogen (secondary N) is 2. The number of nitro groups is 1. The van der Waals surface area contributed by atoms with Crippen LogP contribution in [0.2, 0.25) is 0 Å². The van der Waals surface area contributed by atoms with Crippen LogP contribution in [0, 0.1) is 15.5 Å². The molecule has 1 saturated heterocycles. The summed E-state index contributed by atoms with van der Waals surface area (Å²) in [6.45, 7) is 4.90. The van der Waals surface area contributed by atoms with Gasteiger partial charge in [-0.1, -0.05) is 19.1 Å². The maximum atomic E-state index is 12.0. The molecule has 1 aromatic rings. The molecule has 1 amide bonds. The van der Waals surface area contributed by atoms with Crippen LogP contribution in [0.1, 0.15) is 31.7 Å². The Bertz CT molecular complexity index is 545. The normalized spacial score (nSPS) is 16.2. The first-order valence-corrected chi connectivity index (χ1v) is 7.69. The number of non-ortho nitro benzene ring substituents is 1. The third kappa shape index (κ3) is 6.15. The number of hydrogen-bond acceptors (Lipinski definition) is 4. The smallest absolute Gasteiger partial charge is 0.269 e. The van der Waals surface area contributed by atoms with Gasteiger partial charge in [-0.25, -0.2) is 0 Å². The summed E-state index contributed by atoms with van der Waals surface area (Å²) in [5.41, 5.74) is 1.06. The Labute approximate surface area is 142 Å². The Morgan fingerprint density at radius 1 is 1.39 bits per heavy atom. The first-order valence-electron chi connectivity index (χ1n) is 7.69. The fraction of sp³-hybridized carbons (Fsp3) is 0.562. The molecule has 1 heterocycles. The lowest BCUT2D eigenvalue weighted by molar-refractivity contribution is -0.384. The highest BCUT2D eigenvalue weighted by molar-refractivity contribution is 5.85. The average Bonchev–Trinajstić information content (AvgIpc) is 2.52. The van der Waals surface area contributed by atoms with E-state index in [0.29, 0.717) is 19.4 Å². The molecule has 23 heavy (non-hydrogen) atoms. The second kappa shape index (κ2) is 8.84. The second-order valence-corrected chi connectivity index (χ2v) is 6.26. The highest BCUT2D eigenvalue weighted by atomic mass is 35.5. The molecule has 128 valence electrons. The molecule has 1 fully saturated rings. The average molecular weight is 342 g/mol. The van der Waals surface area contributed by atoms with E-state index in [1.54, 1.807) is 6.07 Å². The zero-order valence-corrected chi connectivity index (χ0v) is 14.2. The first-order chi connectivity index (χ1) is 10.5. The van der Waals surface area contributed by atoms with Crippen LogP contribution in [-0.4, -0.2) is 30.5 Å². The minimum absolute atomic E-state index is 0. The van der Waals surface area contributed by atoms with Crippen molar-refractivity contribution in [3.05, 3.63) is 39.9 Å². The van der Waals surface area contributed by atoms with Gasteiger partial charge >= 0.3 is 0 Å². The molecule has 0 radical (unpaired) electrons. The van der Waals surface area contributed by atoms with Gasteiger partial charge in [-0.2, -0.15) is 0 Å². The van der Waals surface area contributed by atoms with Gasteiger partial charge < -0.3 is 10.6 Å². The molecule has 0 spiro atoms. The molecule has 7 heteroatoms. The van der Waals surface area contributed by atoms with Crippen LogP contribution in [0.15, 0.2) is 24.3 Å². The molecule has 1 aliphatic heterocycles. The van der Waals surface area contributed by atoms with Crippen molar-refractivity contribution in [3.63, 3.8) is 0 Å². The molecule has 0 aromatic heterocycles. The van der Waals surface area contributed by atoms with Gasteiger partial charge in [0.1, 0.15) is 0 Å². The summed E-state index contributed by atoms with van der Waals surface area (Å²) in [4.78, 5) is 22.3. The summed E-state index contributed by atoms with van der Waals surface area (Å²) >= 11 is 0. The van der Waals surface area contributed by atoms with Gasteiger partial charge in [-0.15, -0.1) is 12.4 Å². The van der Waals surface area contributed by atoms with Crippen LogP contribution in [0.3, 0.4) is 0 Å².